The molecule has 0 saturated carbocycles. The molecule has 5 nitrogen and oxygen atoms in total. The van der Waals surface area contributed by atoms with Crippen molar-refractivity contribution in [2.24, 2.45) is 0 Å². The van der Waals surface area contributed by atoms with Crippen LogP contribution in [0.4, 0.5) is 19.0 Å². The molecular formula is C25H24F3N3O2. The summed E-state index contributed by atoms with van der Waals surface area (Å²) in [6, 6.07) is 16.5. The lowest BCUT2D eigenvalue weighted by molar-refractivity contribution is -0.137. The van der Waals surface area contributed by atoms with Crippen LogP contribution >= 0.6 is 0 Å². The molecule has 2 aromatic carbocycles. The second-order valence-electron chi connectivity index (χ2n) is 7.77. The molecule has 2 heterocycles. The van der Waals surface area contributed by atoms with E-state index in [0.717, 1.165) is 35.0 Å². The molecule has 0 fully saturated rings. The Kier molecular flexibility index (Phi) is 6.18. The molecule has 0 radical (unpaired) electrons. The lowest BCUT2D eigenvalue weighted by Gasteiger charge is -2.20. The zero-order chi connectivity index (χ0) is 23.6. The van der Waals surface area contributed by atoms with Gasteiger partial charge in [0.15, 0.2) is 11.4 Å². The maximum absolute atomic E-state index is 12.8. The van der Waals surface area contributed by atoms with Crippen LogP contribution in [-0.4, -0.2) is 23.5 Å². The van der Waals surface area contributed by atoms with Gasteiger partial charge in [-0.15, -0.1) is 0 Å². The summed E-state index contributed by atoms with van der Waals surface area (Å²) in [4.78, 5) is 6.80. The van der Waals surface area contributed by atoms with Gasteiger partial charge >= 0.3 is 6.18 Å². The van der Waals surface area contributed by atoms with Gasteiger partial charge in [-0.1, -0.05) is 24.3 Å². The number of aromatic nitrogens is 2. The predicted molar refractivity (Wildman–Crippen MR) is 121 cm³/mol. The summed E-state index contributed by atoms with van der Waals surface area (Å²) in [5, 5.41) is 0. The number of halogens is 3. The highest BCUT2D eigenvalue weighted by Crippen LogP contribution is 2.30. The molecule has 0 bridgehead atoms. The molecule has 0 atom stereocenters. The van der Waals surface area contributed by atoms with E-state index in [-0.39, 0.29) is 6.61 Å². The smallest absolute Gasteiger partial charge is 0.416 e. The number of pyridine rings is 1. The molecule has 0 spiro atoms. The number of nitrogens with zero attached hydrogens (tertiary/aromatic N) is 3. The fourth-order valence-electron chi connectivity index (χ4n) is 3.75. The maximum atomic E-state index is 12.8. The summed E-state index contributed by atoms with van der Waals surface area (Å²) in [5.41, 5.74) is 2.59. The maximum Gasteiger partial charge on any atom is 0.416 e. The van der Waals surface area contributed by atoms with E-state index in [1.807, 2.05) is 54.9 Å². The third kappa shape index (κ3) is 4.89. The van der Waals surface area contributed by atoms with E-state index in [9.17, 15) is 13.2 Å². The van der Waals surface area contributed by atoms with E-state index >= 15 is 0 Å². The summed E-state index contributed by atoms with van der Waals surface area (Å²) >= 11 is 0. The first-order valence-electron chi connectivity index (χ1n) is 10.4. The van der Waals surface area contributed by atoms with Gasteiger partial charge in [0.25, 0.3) is 0 Å². The Morgan fingerprint density at radius 3 is 2.27 bits per heavy atom. The molecule has 8 heteroatoms. The second-order valence-corrected chi connectivity index (χ2v) is 7.77. The molecule has 0 unspecified atom stereocenters. The van der Waals surface area contributed by atoms with Crippen molar-refractivity contribution in [2.45, 2.75) is 26.3 Å². The molecule has 0 N–H and O–H groups in total. The summed E-state index contributed by atoms with van der Waals surface area (Å²) in [6.07, 6.45) is -2.44. The van der Waals surface area contributed by atoms with E-state index in [4.69, 9.17) is 9.47 Å². The van der Waals surface area contributed by atoms with E-state index < -0.39 is 11.7 Å². The number of aryl methyl sites for hydroxylation is 1. The first-order chi connectivity index (χ1) is 15.8. The molecule has 2 aromatic heterocycles. The minimum Gasteiger partial charge on any atom is -0.497 e. The number of anilines is 1. The van der Waals surface area contributed by atoms with Gasteiger partial charge in [0.1, 0.15) is 18.2 Å². The summed E-state index contributed by atoms with van der Waals surface area (Å²) in [6.45, 7) is 2.75. The SMILES string of the molecule is COc1ccc(CN(C)c2c(C)nc3c(OCc4ccc(C(F)(F)F)cc4)cccn23)cc1. The van der Waals surface area contributed by atoms with Crippen molar-refractivity contribution in [3.8, 4) is 11.5 Å². The van der Waals surface area contributed by atoms with E-state index in [2.05, 4.69) is 9.88 Å². The number of ether oxygens (including phenoxy) is 2. The molecule has 0 aliphatic carbocycles. The fourth-order valence-corrected chi connectivity index (χ4v) is 3.75. The lowest BCUT2D eigenvalue weighted by Crippen LogP contribution is -2.19. The minimum absolute atomic E-state index is 0.140. The van der Waals surface area contributed by atoms with Crippen molar-refractivity contribution < 1.29 is 22.6 Å². The Morgan fingerprint density at radius 2 is 1.64 bits per heavy atom. The summed E-state index contributed by atoms with van der Waals surface area (Å²) in [5.74, 6) is 2.30. The molecule has 33 heavy (non-hydrogen) atoms. The van der Waals surface area contributed by atoms with Gasteiger partial charge in [0.05, 0.1) is 18.4 Å². The normalized spacial score (nSPS) is 11.6. The van der Waals surface area contributed by atoms with Gasteiger partial charge in [-0.2, -0.15) is 13.2 Å². The predicted octanol–water partition coefficient (Wildman–Crippen LogP) is 5.89. The monoisotopic (exact) mass is 455 g/mol. The van der Waals surface area contributed by atoms with Crippen LogP contribution in [0.3, 0.4) is 0 Å². The van der Waals surface area contributed by atoms with Gasteiger partial charge < -0.3 is 14.4 Å². The number of imidazole rings is 1. The average molecular weight is 455 g/mol. The van der Waals surface area contributed by atoms with Gasteiger partial charge in [0.2, 0.25) is 0 Å². The largest absolute Gasteiger partial charge is 0.497 e. The molecular weight excluding hydrogens is 431 g/mol. The third-order valence-electron chi connectivity index (χ3n) is 5.37. The van der Waals surface area contributed by atoms with Crippen molar-refractivity contribution in [1.82, 2.24) is 9.38 Å². The van der Waals surface area contributed by atoms with Crippen molar-refractivity contribution in [2.75, 3.05) is 19.1 Å². The highest BCUT2D eigenvalue weighted by atomic mass is 19.4. The summed E-state index contributed by atoms with van der Waals surface area (Å²) in [7, 11) is 3.64. The van der Waals surface area contributed by atoms with Crippen molar-refractivity contribution >= 4 is 11.5 Å². The standard InChI is InChI=1S/C25H24F3N3O2/c1-17-24(30(2)15-18-8-12-21(32-3)13-9-18)31-14-4-5-22(23(31)29-17)33-16-19-6-10-20(11-7-19)25(26,27)28/h4-14H,15-16H2,1-3H3. The summed E-state index contributed by atoms with van der Waals surface area (Å²) < 4.78 is 51.4. The van der Waals surface area contributed by atoms with Gasteiger partial charge in [-0.05, 0) is 54.4 Å². The second kappa shape index (κ2) is 9.05. The first-order valence-corrected chi connectivity index (χ1v) is 10.4. The molecule has 0 aliphatic rings. The Bertz CT molecular complexity index is 1230. The molecule has 0 aliphatic heterocycles. The highest BCUT2D eigenvalue weighted by molar-refractivity contribution is 5.63. The van der Waals surface area contributed by atoms with Crippen LogP contribution in [0.15, 0.2) is 66.9 Å². The Morgan fingerprint density at radius 1 is 0.970 bits per heavy atom. The number of fused-ring (bicyclic) bond motifs is 1. The number of methoxy groups -OCH3 is 1. The van der Waals surface area contributed by atoms with Crippen LogP contribution in [0.1, 0.15) is 22.4 Å². The van der Waals surface area contributed by atoms with Crippen LogP contribution in [0, 0.1) is 6.92 Å². The van der Waals surface area contributed by atoms with E-state index in [0.29, 0.717) is 23.5 Å². The Labute approximate surface area is 190 Å². The highest BCUT2D eigenvalue weighted by Gasteiger charge is 2.29. The average Bonchev–Trinajstić information content (AvgIpc) is 3.14. The van der Waals surface area contributed by atoms with Crippen LogP contribution in [0.25, 0.3) is 5.65 Å². The van der Waals surface area contributed by atoms with Gasteiger partial charge in [-0.3, -0.25) is 4.40 Å². The zero-order valence-corrected chi connectivity index (χ0v) is 18.6. The van der Waals surface area contributed by atoms with Crippen molar-refractivity contribution in [3.63, 3.8) is 0 Å². The fraction of sp³-hybridized carbons (Fsp3) is 0.240. The molecule has 4 rings (SSSR count). The van der Waals surface area contributed by atoms with Crippen LogP contribution in [0.5, 0.6) is 11.5 Å². The van der Waals surface area contributed by atoms with E-state index in [1.165, 1.54) is 12.1 Å². The molecule has 172 valence electrons. The Hall–Kier alpha value is -3.68. The zero-order valence-electron chi connectivity index (χ0n) is 18.6. The van der Waals surface area contributed by atoms with Crippen LogP contribution < -0.4 is 14.4 Å². The van der Waals surface area contributed by atoms with Crippen LogP contribution in [-0.2, 0) is 19.3 Å². The topological polar surface area (TPSA) is 39.0 Å². The van der Waals surface area contributed by atoms with Crippen LogP contribution in [0.2, 0.25) is 0 Å². The van der Waals surface area contributed by atoms with Crippen molar-refractivity contribution in [1.29, 1.82) is 0 Å². The van der Waals surface area contributed by atoms with Gasteiger partial charge in [0, 0.05) is 19.8 Å². The number of benzene rings is 2. The number of rotatable bonds is 7. The van der Waals surface area contributed by atoms with E-state index in [1.54, 1.807) is 13.2 Å². The lowest BCUT2D eigenvalue weighted by atomic mass is 10.1. The number of hydrogen-bond donors (Lipinski definition) is 0. The Balaban J connectivity index is 1.53. The molecule has 4 aromatic rings. The number of hydrogen-bond acceptors (Lipinski definition) is 4. The third-order valence-corrected chi connectivity index (χ3v) is 5.37. The molecule has 0 amide bonds. The first kappa shape index (κ1) is 22.5. The molecule has 0 saturated heterocycles. The quantitative estimate of drug-likeness (QED) is 0.349. The minimum atomic E-state index is -4.35. The van der Waals surface area contributed by atoms with Gasteiger partial charge in [-0.25, -0.2) is 4.98 Å². The van der Waals surface area contributed by atoms with Crippen molar-refractivity contribution in [3.05, 3.63) is 89.2 Å². The number of alkyl halides is 3.